The summed E-state index contributed by atoms with van der Waals surface area (Å²) in [5, 5.41) is 9.34. The fraction of sp³-hybridized carbons (Fsp3) is 0. The smallest absolute Gasteiger partial charge is 0.356 e. The predicted octanol–water partition coefficient (Wildman–Crippen LogP) is 1.86. The molecule has 0 fully saturated rings. The molecule has 0 radical (unpaired) electrons. The Labute approximate surface area is 98.3 Å². The summed E-state index contributed by atoms with van der Waals surface area (Å²) in [5.41, 5.74) is 1.00. The minimum absolute atomic E-state index is 0.0365. The van der Waals surface area contributed by atoms with Crippen molar-refractivity contribution >= 4 is 12.9 Å². The Morgan fingerprint density at radius 3 is 2.29 bits per heavy atom. The van der Waals surface area contributed by atoms with Crippen molar-refractivity contribution in [3.8, 4) is 16.9 Å². The van der Waals surface area contributed by atoms with E-state index in [2.05, 4.69) is 0 Å². The van der Waals surface area contributed by atoms with Gasteiger partial charge in [0.05, 0.1) is 5.30 Å². The lowest BCUT2D eigenvalue weighted by molar-refractivity contribution is 0.387. The van der Waals surface area contributed by atoms with Crippen LogP contribution in [0.25, 0.3) is 11.1 Å². The quantitative estimate of drug-likeness (QED) is 0.711. The Hall–Kier alpha value is -1.61. The molecule has 2 rings (SSSR count). The molecule has 0 aliphatic carbocycles. The molecule has 0 aliphatic rings. The zero-order valence-corrected chi connectivity index (χ0v) is 9.71. The van der Waals surface area contributed by atoms with Gasteiger partial charge in [0.25, 0.3) is 0 Å². The van der Waals surface area contributed by atoms with Crippen molar-refractivity contribution in [1.29, 1.82) is 0 Å². The van der Waals surface area contributed by atoms with Gasteiger partial charge >= 0.3 is 7.60 Å². The molecule has 0 aromatic heterocycles. The van der Waals surface area contributed by atoms with Gasteiger partial charge in [-0.3, -0.25) is 4.57 Å². The summed E-state index contributed by atoms with van der Waals surface area (Å²) in [6, 6.07) is 12.6. The van der Waals surface area contributed by atoms with Crippen LogP contribution in [-0.4, -0.2) is 14.9 Å². The van der Waals surface area contributed by atoms with Gasteiger partial charge in [0.1, 0.15) is 5.75 Å². The van der Waals surface area contributed by atoms with Gasteiger partial charge in [-0.25, -0.2) is 0 Å². The topological polar surface area (TPSA) is 77.8 Å². The van der Waals surface area contributed by atoms with Crippen molar-refractivity contribution in [2.24, 2.45) is 0 Å². The number of aromatic hydroxyl groups is 1. The maximum absolute atomic E-state index is 11.3. The van der Waals surface area contributed by atoms with E-state index in [0.717, 1.165) is 0 Å². The van der Waals surface area contributed by atoms with Crippen LogP contribution in [0.3, 0.4) is 0 Å². The first-order valence-corrected chi connectivity index (χ1v) is 6.54. The molecule has 17 heavy (non-hydrogen) atoms. The van der Waals surface area contributed by atoms with Crippen LogP contribution in [0.15, 0.2) is 48.5 Å². The van der Waals surface area contributed by atoms with Crippen LogP contribution in [-0.2, 0) is 4.57 Å². The first-order valence-electron chi connectivity index (χ1n) is 4.93. The largest absolute Gasteiger partial charge is 0.508 e. The maximum Gasteiger partial charge on any atom is 0.356 e. The molecule has 88 valence electrons. The molecule has 2 aromatic rings. The third-order valence-corrected chi connectivity index (χ3v) is 3.39. The van der Waals surface area contributed by atoms with Gasteiger partial charge in [-0.1, -0.05) is 30.3 Å². The molecule has 0 amide bonds. The minimum atomic E-state index is -4.32. The Bertz CT molecular complexity index is 589. The lowest BCUT2D eigenvalue weighted by Gasteiger charge is -2.10. The maximum atomic E-state index is 11.3. The molecule has 0 heterocycles. The fourth-order valence-corrected chi connectivity index (χ4v) is 2.44. The molecular weight excluding hydrogens is 239 g/mol. The molecule has 5 heteroatoms. The van der Waals surface area contributed by atoms with Crippen LogP contribution in [0.2, 0.25) is 0 Å². The van der Waals surface area contributed by atoms with Crippen LogP contribution in [0.5, 0.6) is 5.75 Å². The van der Waals surface area contributed by atoms with E-state index in [9.17, 15) is 19.5 Å². The van der Waals surface area contributed by atoms with E-state index in [1.165, 1.54) is 18.2 Å². The fourth-order valence-electron chi connectivity index (χ4n) is 1.65. The van der Waals surface area contributed by atoms with Crippen molar-refractivity contribution in [1.82, 2.24) is 0 Å². The molecule has 0 spiro atoms. The standard InChI is InChI=1S/C12H11O4P/c13-10-5-3-4-9(8-10)11-6-1-2-7-12(11)17(14,15)16/h1-8,13H,(H2,14,15,16). The SMILES string of the molecule is O=P(O)(O)c1ccccc1-c1cccc(O)c1. The van der Waals surface area contributed by atoms with Crippen molar-refractivity contribution in [2.45, 2.75) is 0 Å². The molecule has 4 nitrogen and oxygen atoms in total. The van der Waals surface area contributed by atoms with Gasteiger partial charge in [0.15, 0.2) is 0 Å². The van der Waals surface area contributed by atoms with Crippen molar-refractivity contribution in [3.05, 3.63) is 48.5 Å². The highest BCUT2D eigenvalue weighted by Crippen LogP contribution is 2.38. The molecule has 0 saturated carbocycles. The van der Waals surface area contributed by atoms with Crippen LogP contribution in [0, 0.1) is 0 Å². The molecule has 3 N–H and O–H groups in total. The number of rotatable bonds is 2. The molecular formula is C12H11O4P. The third-order valence-electron chi connectivity index (χ3n) is 2.38. The summed E-state index contributed by atoms with van der Waals surface area (Å²) < 4.78 is 11.3. The summed E-state index contributed by atoms with van der Waals surface area (Å²) in [6.07, 6.45) is 0. The minimum Gasteiger partial charge on any atom is -0.508 e. The van der Waals surface area contributed by atoms with E-state index < -0.39 is 7.60 Å². The van der Waals surface area contributed by atoms with Crippen molar-refractivity contribution in [2.75, 3.05) is 0 Å². The van der Waals surface area contributed by atoms with Crippen LogP contribution < -0.4 is 5.30 Å². The molecule has 2 aromatic carbocycles. The van der Waals surface area contributed by atoms with Crippen molar-refractivity contribution in [3.63, 3.8) is 0 Å². The number of phenols is 1. The average Bonchev–Trinajstić information content (AvgIpc) is 2.28. The second kappa shape index (κ2) is 4.34. The van der Waals surface area contributed by atoms with E-state index in [1.807, 2.05) is 0 Å². The second-order valence-electron chi connectivity index (χ2n) is 3.61. The first kappa shape index (κ1) is 11.9. The van der Waals surface area contributed by atoms with E-state index >= 15 is 0 Å². The monoisotopic (exact) mass is 250 g/mol. The molecule has 0 bridgehead atoms. The highest BCUT2D eigenvalue weighted by atomic mass is 31.2. The summed E-state index contributed by atoms with van der Waals surface area (Å²) in [7, 11) is -4.32. The highest BCUT2D eigenvalue weighted by molar-refractivity contribution is 7.60. The van der Waals surface area contributed by atoms with E-state index in [-0.39, 0.29) is 11.1 Å². The van der Waals surface area contributed by atoms with E-state index in [4.69, 9.17) is 0 Å². The van der Waals surface area contributed by atoms with Crippen LogP contribution in [0.1, 0.15) is 0 Å². The van der Waals surface area contributed by atoms with Crippen molar-refractivity contribution < 1.29 is 19.5 Å². The van der Waals surface area contributed by atoms with Crippen LogP contribution >= 0.6 is 7.60 Å². The van der Waals surface area contributed by atoms with Crippen LogP contribution in [0.4, 0.5) is 0 Å². The molecule has 0 unspecified atom stereocenters. The zero-order valence-electron chi connectivity index (χ0n) is 8.82. The summed E-state index contributed by atoms with van der Waals surface area (Å²) in [5.74, 6) is 0.0583. The normalized spacial score (nSPS) is 11.4. The zero-order chi connectivity index (χ0) is 12.5. The summed E-state index contributed by atoms with van der Waals surface area (Å²) in [6.45, 7) is 0. The Morgan fingerprint density at radius 1 is 0.941 bits per heavy atom. The van der Waals surface area contributed by atoms with Gasteiger partial charge in [0.2, 0.25) is 0 Å². The highest BCUT2D eigenvalue weighted by Gasteiger charge is 2.21. The lowest BCUT2D eigenvalue weighted by Crippen LogP contribution is -2.07. The predicted molar refractivity (Wildman–Crippen MR) is 65.2 cm³/mol. The number of hydrogen-bond acceptors (Lipinski definition) is 2. The lowest BCUT2D eigenvalue weighted by atomic mass is 10.1. The van der Waals surface area contributed by atoms with Gasteiger partial charge < -0.3 is 14.9 Å². The number of hydrogen-bond donors (Lipinski definition) is 3. The third kappa shape index (κ3) is 2.56. The average molecular weight is 250 g/mol. The first-order chi connectivity index (χ1) is 7.98. The summed E-state index contributed by atoms with van der Waals surface area (Å²) >= 11 is 0. The van der Waals surface area contributed by atoms with E-state index in [0.29, 0.717) is 11.1 Å². The Kier molecular flexibility index (Phi) is 3.03. The Morgan fingerprint density at radius 2 is 1.65 bits per heavy atom. The Balaban J connectivity index is 2.64. The van der Waals surface area contributed by atoms with Gasteiger partial charge in [-0.2, -0.15) is 0 Å². The molecule has 0 atom stereocenters. The van der Waals surface area contributed by atoms with Gasteiger partial charge in [0, 0.05) is 0 Å². The second-order valence-corrected chi connectivity index (χ2v) is 5.18. The summed E-state index contributed by atoms with van der Waals surface area (Å²) in [4.78, 5) is 18.5. The number of benzene rings is 2. The number of phenolic OH excluding ortho intramolecular Hbond substituents is 1. The molecule has 0 aliphatic heterocycles. The molecule has 0 saturated heterocycles. The van der Waals surface area contributed by atoms with Gasteiger partial charge in [-0.05, 0) is 29.3 Å². The van der Waals surface area contributed by atoms with E-state index in [1.54, 1.807) is 30.3 Å². The van der Waals surface area contributed by atoms with Gasteiger partial charge in [-0.15, -0.1) is 0 Å².